The van der Waals surface area contributed by atoms with Crippen LogP contribution in [0.5, 0.6) is 0 Å². The van der Waals surface area contributed by atoms with Crippen LogP contribution in [0.25, 0.3) is 0 Å². The second-order valence-corrected chi connectivity index (χ2v) is 2.35. The van der Waals surface area contributed by atoms with Crippen LogP contribution in [-0.4, -0.2) is 23.7 Å². The zero-order chi connectivity index (χ0) is 8.85. The number of ether oxygens (including phenoxy) is 1. The van der Waals surface area contributed by atoms with Crippen molar-refractivity contribution in [1.82, 2.24) is 0 Å². The number of ketones is 1. The van der Waals surface area contributed by atoms with Gasteiger partial charge in [0, 0.05) is 6.42 Å². The average Bonchev–Trinajstić information content (AvgIpc) is 2.02. The minimum Gasteiger partial charge on any atom is -0.455 e. The Morgan fingerprint density at radius 1 is 1.55 bits per heavy atom. The van der Waals surface area contributed by atoms with Crippen molar-refractivity contribution in [3.63, 3.8) is 0 Å². The van der Waals surface area contributed by atoms with E-state index in [4.69, 9.17) is 11.6 Å². The van der Waals surface area contributed by atoms with E-state index in [2.05, 4.69) is 4.74 Å². The Morgan fingerprint density at radius 2 is 2.09 bits per heavy atom. The van der Waals surface area contributed by atoms with Gasteiger partial charge in [0.1, 0.15) is 0 Å². The Kier molecular flexibility index (Phi) is 4.86. The van der Waals surface area contributed by atoms with Crippen LogP contribution in [0.2, 0.25) is 0 Å². The number of halogens is 1. The first-order valence-corrected chi connectivity index (χ1v) is 3.93. The molecule has 0 saturated heterocycles. The number of alkyl halides is 1. The molecule has 0 aliphatic carbocycles. The van der Waals surface area contributed by atoms with Crippen LogP contribution in [-0.2, 0) is 14.3 Å². The second kappa shape index (κ2) is 5.13. The molecule has 4 heteroatoms. The fraction of sp³-hybridized carbons (Fsp3) is 0.714. The quantitative estimate of drug-likeness (QED) is 0.479. The molecule has 1 unspecified atom stereocenters. The smallest absolute Gasteiger partial charge is 0.306 e. The molecule has 0 rings (SSSR count). The fourth-order valence-corrected chi connectivity index (χ4v) is 0.672. The molecule has 0 aromatic carbocycles. The van der Waals surface area contributed by atoms with Crippen molar-refractivity contribution in [2.24, 2.45) is 0 Å². The predicted molar refractivity (Wildman–Crippen MR) is 41.6 cm³/mol. The number of carbonyl (C=O) groups excluding carboxylic acids is 2. The molecule has 0 aliphatic rings. The topological polar surface area (TPSA) is 43.4 Å². The summed E-state index contributed by atoms with van der Waals surface area (Å²) in [4.78, 5) is 21.4. The second-order valence-electron chi connectivity index (χ2n) is 2.09. The summed E-state index contributed by atoms with van der Waals surface area (Å²) < 4.78 is 4.68. The molecule has 0 aliphatic heterocycles. The molecular formula is C7H11ClO3. The molecule has 11 heavy (non-hydrogen) atoms. The fourth-order valence-electron chi connectivity index (χ4n) is 0.455. The molecule has 0 radical (unpaired) electrons. The number of rotatable bonds is 4. The van der Waals surface area contributed by atoms with Crippen LogP contribution in [0.1, 0.15) is 20.3 Å². The summed E-state index contributed by atoms with van der Waals surface area (Å²) in [7, 11) is 0. The Bertz CT molecular complexity index is 156. The molecule has 0 N–H and O–H groups in total. The van der Waals surface area contributed by atoms with Gasteiger partial charge in [0.25, 0.3) is 0 Å². The van der Waals surface area contributed by atoms with E-state index in [1.54, 1.807) is 6.92 Å². The van der Waals surface area contributed by atoms with Crippen LogP contribution in [0.3, 0.4) is 0 Å². The third-order valence-corrected chi connectivity index (χ3v) is 1.45. The molecule has 0 saturated carbocycles. The standard InChI is InChI=1S/C7H11ClO3/c1-3-7(10)11-5(2)6(9)4-8/h5H,3-4H2,1-2H3. The zero-order valence-corrected chi connectivity index (χ0v) is 7.35. The third-order valence-electron chi connectivity index (χ3n) is 1.18. The van der Waals surface area contributed by atoms with Crippen LogP contribution in [0, 0.1) is 0 Å². The van der Waals surface area contributed by atoms with Gasteiger partial charge in [-0.15, -0.1) is 11.6 Å². The number of Topliss-reactive ketones (excluding diaryl/α,β-unsaturated/α-hetero) is 1. The molecule has 1 atom stereocenters. The highest BCUT2D eigenvalue weighted by atomic mass is 35.5. The number of carbonyl (C=O) groups is 2. The van der Waals surface area contributed by atoms with Crippen LogP contribution in [0.15, 0.2) is 0 Å². The highest BCUT2D eigenvalue weighted by Crippen LogP contribution is 1.97. The summed E-state index contributed by atoms with van der Waals surface area (Å²) in [6.45, 7) is 3.18. The molecule has 0 fully saturated rings. The molecule has 0 heterocycles. The summed E-state index contributed by atoms with van der Waals surface area (Å²) in [5.74, 6) is -0.762. The minimum absolute atomic E-state index is 0.113. The van der Waals surface area contributed by atoms with E-state index in [1.807, 2.05) is 0 Å². The Morgan fingerprint density at radius 3 is 2.45 bits per heavy atom. The van der Waals surface area contributed by atoms with Gasteiger partial charge in [-0.05, 0) is 6.92 Å². The SMILES string of the molecule is CCC(=O)OC(C)C(=O)CCl. The molecule has 64 valence electrons. The molecule has 0 aromatic rings. The minimum atomic E-state index is -0.708. The van der Waals surface area contributed by atoms with Crippen molar-refractivity contribution >= 4 is 23.4 Å². The third kappa shape index (κ3) is 3.98. The van der Waals surface area contributed by atoms with E-state index in [-0.39, 0.29) is 24.1 Å². The molecule has 0 bridgehead atoms. The lowest BCUT2D eigenvalue weighted by molar-refractivity contribution is -0.152. The number of hydrogen-bond donors (Lipinski definition) is 0. The van der Waals surface area contributed by atoms with Crippen molar-refractivity contribution in [3.8, 4) is 0 Å². The van der Waals surface area contributed by atoms with Crippen molar-refractivity contribution in [1.29, 1.82) is 0 Å². The van der Waals surface area contributed by atoms with Gasteiger partial charge in [-0.2, -0.15) is 0 Å². The van der Waals surface area contributed by atoms with Crippen molar-refractivity contribution in [2.75, 3.05) is 5.88 Å². The van der Waals surface area contributed by atoms with Crippen molar-refractivity contribution in [3.05, 3.63) is 0 Å². The number of hydrogen-bond acceptors (Lipinski definition) is 3. The lowest BCUT2D eigenvalue weighted by atomic mass is 10.3. The van der Waals surface area contributed by atoms with E-state index in [9.17, 15) is 9.59 Å². The largest absolute Gasteiger partial charge is 0.455 e. The Labute approximate surface area is 70.7 Å². The van der Waals surface area contributed by atoms with Gasteiger partial charge in [0.05, 0.1) is 5.88 Å². The van der Waals surface area contributed by atoms with E-state index in [0.29, 0.717) is 0 Å². The first-order chi connectivity index (χ1) is 5.11. The van der Waals surface area contributed by atoms with Gasteiger partial charge >= 0.3 is 5.97 Å². The molecule has 0 aromatic heterocycles. The van der Waals surface area contributed by atoms with E-state index in [1.165, 1.54) is 6.92 Å². The first-order valence-electron chi connectivity index (χ1n) is 3.40. The maximum Gasteiger partial charge on any atom is 0.306 e. The van der Waals surface area contributed by atoms with Gasteiger partial charge in [0.15, 0.2) is 11.9 Å². The van der Waals surface area contributed by atoms with Gasteiger partial charge in [-0.1, -0.05) is 6.92 Å². The zero-order valence-electron chi connectivity index (χ0n) is 6.59. The lowest BCUT2D eigenvalue weighted by Crippen LogP contribution is -2.24. The predicted octanol–water partition coefficient (Wildman–Crippen LogP) is 1.14. The van der Waals surface area contributed by atoms with E-state index >= 15 is 0 Å². The van der Waals surface area contributed by atoms with Crippen LogP contribution >= 0.6 is 11.6 Å². The molecule has 0 spiro atoms. The number of esters is 1. The molecule has 3 nitrogen and oxygen atoms in total. The monoisotopic (exact) mass is 178 g/mol. The molecule has 0 amide bonds. The Hall–Kier alpha value is -0.570. The summed E-state index contributed by atoms with van der Waals surface area (Å²) in [6, 6.07) is 0. The lowest BCUT2D eigenvalue weighted by Gasteiger charge is -2.08. The van der Waals surface area contributed by atoms with Gasteiger partial charge in [-0.25, -0.2) is 0 Å². The van der Waals surface area contributed by atoms with Gasteiger partial charge in [0.2, 0.25) is 0 Å². The van der Waals surface area contributed by atoms with E-state index < -0.39 is 6.10 Å². The average molecular weight is 179 g/mol. The van der Waals surface area contributed by atoms with Crippen LogP contribution in [0.4, 0.5) is 0 Å². The summed E-state index contributed by atoms with van der Waals surface area (Å²) >= 11 is 5.23. The highest BCUT2D eigenvalue weighted by Gasteiger charge is 2.14. The Balaban J connectivity index is 3.77. The summed E-state index contributed by atoms with van der Waals surface area (Å²) in [5, 5.41) is 0. The summed E-state index contributed by atoms with van der Waals surface area (Å²) in [6.07, 6.45) is -0.431. The van der Waals surface area contributed by atoms with Crippen molar-refractivity contribution in [2.45, 2.75) is 26.4 Å². The van der Waals surface area contributed by atoms with E-state index in [0.717, 1.165) is 0 Å². The first kappa shape index (κ1) is 10.4. The van der Waals surface area contributed by atoms with Gasteiger partial charge < -0.3 is 4.74 Å². The molecular weight excluding hydrogens is 168 g/mol. The highest BCUT2D eigenvalue weighted by molar-refractivity contribution is 6.28. The van der Waals surface area contributed by atoms with Crippen molar-refractivity contribution < 1.29 is 14.3 Å². The van der Waals surface area contributed by atoms with Gasteiger partial charge in [-0.3, -0.25) is 9.59 Å². The van der Waals surface area contributed by atoms with Crippen LogP contribution < -0.4 is 0 Å². The normalized spacial score (nSPS) is 12.3. The summed E-state index contributed by atoms with van der Waals surface area (Å²) in [5.41, 5.74) is 0. The maximum absolute atomic E-state index is 10.8. The maximum atomic E-state index is 10.8.